The fourth-order valence-corrected chi connectivity index (χ4v) is 2.56. The van der Waals surface area contributed by atoms with E-state index in [9.17, 15) is 4.79 Å². The highest BCUT2D eigenvalue weighted by molar-refractivity contribution is 9.11. The van der Waals surface area contributed by atoms with Crippen molar-refractivity contribution in [1.29, 1.82) is 0 Å². The average Bonchev–Trinajstić information content (AvgIpc) is 2.48. The minimum atomic E-state index is -0.185. The molecule has 110 valence electrons. The van der Waals surface area contributed by atoms with Gasteiger partial charge in [-0.2, -0.15) is 0 Å². The second kappa shape index (κ2) is 7.61. The molecule has 0 radical (unpaired) electrons. The van der Waals surface area contributed by atoms with Gasteiger partial charge in [-0.15, -0.1) is 0 Å². The minimum Gasteiger partial charge on any atom is -0.491 e. The number of nitrogens with one attached hydrogen (secondary N) is 1. The van der Waals surface area contributed by atoms with Gasteiger partial charge in [0.15, 0.2) is 0 Å². The number of amides is 1. The normalized spacial score (nSPS) is 10.2. The molecule has 2 aromatic rings. The van der Waals surface area contributed by atoms with Gasteiger partial charge in [0.1, 0.15) is 5.75 Å². The molecule has 1 N–H and O–H groups in total. The van der Waals surface area contributed by atoms with Crippen LogP contribution in [0.2, 0.25) is 0 Å². The number of anilines is 1. The van der Waals surface area contributed by atoms with Gasteiger partial charge in [0.25, 0.3) is 5.91 Å². The van der Waals surface area contributed by atoms with Crippen LogP contribution in [0.25, 0.3) is 0 Å². The number of para-hydroxylation sites is 2. The van der Waals surface area contributed by atoms with E-state index in [1.807, 2.05) is 43.3 Å². The van der Waals surface area contributed by atoms with Gasteiger partial charge in [-0.3, -0.25) is 4.79 Å². The Morgan fingerprint density at radius 1 is 1.19 bits per heavy atom. The number of carbonyl (C=O) groups is 1. The first-order valence-electron chi connectivity index (χ1n) is 6.60. The lowest BCUT2D eigenvalue weighted by atomic mass is 10.2. The van der Waals surface area contributed by atoms with Crippen LogP contribution in [-0.2, 0) is 0 Å². The maximum Gasteiger partial charge on any atom is 0.256 e. The molecule has 0 atom stereocenters. The van der Waals surface area contributed by atoms with Gasteiger partial charge in [-0.1, -0.05) is 35.0 Å². The van der Waals surface area contributed by atoms with Gasteiger partial charge < -0.3 is 10.1 Å². The predicted octanol–water partition coefficient (Wildman–Crippen LogP) is 5.25. The molecule has 5 heteroatoms. The van der Waals surface area contributed by atoms with Crippen LogP contribution in [0.4, 0.5) is 5.69 Å². The lowest BCUT2D eigenvalue weighted by molar-refractivity contribution is 0.102. The Hall–Kier alpha value is -1.33. The SMILES string of the molecule is CCCOc1ccccc1NC(=O)c1cc(Br)ccc1Br. The molecule has 0 aromatic heterocycles. The largest absolute Gasteiger partial charge is 0.491 e. The Bertz CT molecular complexity index is 644. The third kappa shape index (κ3) is 4.32. The number of halogens is 2. The maximum atomic E-state index is 12.4. The summed E-state index contributed by atoms with van der Waals surface area (Å²) in [6.07, 6.45) is 0.916. The number of carbonyl (C=O) groups excluding carboxylic acids is 1. The first kappa shape index (κ1) is 16.0. The van der Waals surface area contributed by atoms with Crippen molar-refractivity contribution < 1.29 is 9.53 Å². The van der Waals surface area contributed by atoms with Crippen molar-refractivity contribution in [2.75, 3.05) is 11.9 Å². The Morgan fingerprint density at radius 2 is 1.95 bits per heavy atom. The van der Waals surface area contributed by atoms with Crippen LogP contribution < -0.4 is 10.1 Å². The van der Waals surface area contributed by atoms with Crippen molar-refractivity contribution in [2.24, 2.45) is 0 Å². The average molecular weight is 413 g/mol. The van der Waals surface area contributed by atoms with Crippen LogP contribution in [0.1, 0.15) is 23.7 Å². The minimum absolute atomic E-state index is 0.185. The Labute approximate surface area is 141 Å². The Kier molecular flexibility index (Phi) is 5.82. The summed E-state index contributed by atoms with van der Waals surface area (Å²) < 4.78 is 7.24. The second-order valence-electron chi connectivity index (χ2n) is 4.42. The van der Waals surface area contributed by atoms with Crippen molar-refractivity contribution >= 4 is 43.5 Å². The zero-order valence-corrected chi connectivity index (χ0v) is 14.7. The standard InChI is InChI=1S/C16H15Br2NO2/c1-2-9-21-15-6-4-3-5-14(15)19-16(20)12-10-11(17)7-8-13(12)18/h3-8,10H,2,9H2,1H3,(H,19,20). The highest BCUT2D eigenvalue weighted by Gasteiger charge is 2.13. The molecule has 2 rings (SSSR count). The van der Waals surface area contributed by atoms with Crippen LogP contribution in [0.15, 0.2) is 51.4 Å². The van der Waals surface area contributed by atoms with Gasteiger partial charge >= 0.3 is 0 Å². The first-order valence-corrected chi connectivity index (χ1v) is 8.18. The molecule has 0 saturated heterocycles. The van der Waals surface area contributed by atoms with E-state index in [4.69, 9.17) is 4.74 Å². The Morgan fingerprint density at radius 3 is 2.71 bits per heavy atom. The van der Waals surface area contributed by atoms with E-state index in [1.54, 1.807) is 6.07 Å². The predicted molar refractivity (Wildman–Crippen MR) is 92.0 cm³/mol. The number of benzene rings is 2. The smallest absolute Gasteiger partial charge is 0.256 e. The van der Waals surface area contributed by atoms with Crippen LogP contribution in [0.5, 0.6) is 5.75 Å². The molecule has 0 spiro atoms. The summed E-state index contributed by atoms with van der Waals surface area (Å²) in [7, 11) is 0. The van der Waals surface area contributed by atoms with Gasteiger partial charge in [0.2, 0.25) is 0 Å². The second-order valence-corrected chi connectivity index (χ2v) is 6.19. The van der Waals surface area contributed by atoms with E-state index in [0.717, 1.165) is 15.4 Å². The van der Waals surface area contributed by atoms with E-state index < -0.39 is 0 Å². The summed E-state index contributed by atoms with van der Waals surface area (Å²) in [5.74, 6) is 0.495. The van der Waals surface area contributed by atoms with E-state index in [-0.39, 0.29) is 5.91 Å². The Balaban J connectivity index is 2.21. The lowest BCUT2D eigenvalue weighted by Crippen LogP contribution is -2.13. The summed E-state index contributed by atoms with van der Waals surface area (Å²) in [5, 5.41) is 2.89. The van der Waals surface area contributed by atoms with Crippen molar-refractivity contribution in [3.8, 4) is 5.75 Å². The molecule has 3 nitrogen and oxygen atoms in total. The van der Waals surface area contributed by atoms with E-state index in [0.29, 0.717) is 23.6 Å². The third-order valence-corrected chi connectivity index (χ3v) is 3.95. The number of hydrogen-bond donors (Lipinski definition) is 1. The third-order valence-electron chi connectivity index (χ3n) is 2.77. The van der Waals surface area contributed by atoms with Gasteiger partial charge in [-0.05, 0) is 52.7 Å². The monoisotopic (exact) mass is 411 g/mol. The van der Waals surface area contributed by atoms with Gasteiger partial charge in [0.05, 0.1) is 17.9 Å². The zero-order chi connectivity index (χ0) is 15.2. The molecule has 0 bridgehead atoms. The molecule has 0 aliphatic heterocycles. The molecular weight excluding hydrogens is 398 g/mol. The number of ether oxygens (including phenoxy) is 1. The van der Waals surface area contributed by atoms with E-state index in [1.165, 1.54) is 0 Å². The highest BCUT2D eigenvalue weighted by atomic mass is 79.9. The topological polar surface area (TPSA) is 38.3 Å². The summed E-state index contributed by atoms with van der Waals surface area (Å²) >= 11 is 6.77. The molecule has 0 aliphatic rings. The summed E-state index contributed by atoms with van der Waals surface area (Å²) in [5.41, 5.74) is 1.23. The molecule has 2 aromatic carbocycles. The van der Waals surface area contributed by atoms with E-state index in [2.05, 4.69) is 37.2 Å². The number of hydrogen-bond acceptors (Lipinski definition) is 2. The van der Waals surface area contributed by atoms with Crippen molar-refractivity contribution in [3.05, 3.63) is 57.0 Å². The molecular formula is C16H15Br2NO2. The molecule has 0 saturated carbocycles. The first-order chi connectivity index (χ1) is 10.1. The van der Waals surface area contributed by atoms with Crippen LogP contribution in [0, 0.1) is 0 Å². The number of rotatable bonds is 5. The van der Waals surface area contributed by atoms with E-state index >= 15 is 0 Å². The molecule has 0 fully saturated rings. The highest BCUT2D eigenvalue weighted by Crippen LogP contribution is 2.27. The van der Waals surface area contributed by atoms with Crippen molar-refractivity contribution in [3.63, 3.8) is 0 Å². The van der Waals surface area contributed by atoms with Gasteiger partial charge in [-0.25, -0.2) is 0 Å². The summed E-state index contributed by atoms with van der Waals surface area (Å²) in [6, 6.07) is 12.9. The lowest BCUT2D eigenvalue weighted by Gasteiger charge is -2.12. The quantitative estimate of drug-likeness (QED) is 0.727. The maximum absolute atomic E-state index is 12.4. The van der Waals surface area contributed by atoms with Crippen molar-refractivity contribution in [2.45, 2.75) is 13.3 Å². The van der Waals surface area contributed by atoms with Crippen molar-refractivity contribution in [1.82, 2.24) is 0 Å². The molecule has 1 amide bonds. The molecule has 21 heavy (non-hydrogen) atoms. The zero-order valence-electron chi connectivity index (χ0n) is 11.5. The summed E-state index contributed by atoms with van der Waals surface area (Å²) in [6.45, 7) is 2.66. The van der Waals surface area contributed by atoms with Crippen LogP contribution >= 0.6 is 31.9 Å². The fraction of sp³-hybridized carbons (Fsp3) is 0.188. The molecule has 0 aliphatic carbocycles. The molecule has 0 heterocycles. The molecule has 0 unspecified atom stereocenters. The van der Waals surface area contributed by atoms with Gasteiger partial charge in [0, 0.05) is 8.95 Å². The van der Waals surface area contributed by atoms with Crippen LogP contribution in [-0.4, -0.2) is 12.5 Å². The fourth-order valence-electron chi connectivity index (χ4n) is 1.77. The van der Waals surface area contributed by atoms with Crippen LogP contribution in [0.3, 0.4) is 0 Å². The summed E-state index contributed by atoms with van der Waals surface area (Å²) in [4.78, 5) is 12.4.